The lowest BCUT2D eigenvalue weighted by Crippen LogP contribution is -2.59. The van der Waals surface area contributed by atoms with E-state index < -0.39 is 58.9 Å². The van der Waals surface area contributed by atoms with Gasteiger partial charge < -0.3 is 44.9 Å². The van der Waals surface area contributed by atoms with Crippen molar-refractivity contribution in [1.82, 2.24) is 35.2 Å². The van der Waals surface area contributed by atoms with E-state index in [9.17, 15) is 24.3 Å². The number of anilines is 1. The number of ether oxygens (including phenoxy) is 4. The van der Waals surface area contributed by atoms with E-state index in [-0.39, 0.29) is 31.5 Å². The normalized spacial score (nSPS) is 25.6. The number of fused-ring (bicyclic) bond motifs is 1. The molecule has 0 bridgehead atoms. The van der Waals surface area contributed by atoms with E-state index in [1.165, 1.54) is 11.0 Å². The topological polar surface area (TPSA) is 199 Å². The Hall–Kier alpha value is -5.42. The quantitative estimate of drug-likeness (QED) is 0.144. The Morgan fingerprint density at radius 1 is 1.08 bits per heavy atom. The Morgan fingerprint density at radius 2 is 1.85 bits per heavy atom. The van der Waals surface area contributed by atoms with Gasteiger partial charge in [-0.25, -0.2) is 19.3 Å². The van der Waals surface area contributed by atoms with Gasteiger partial charge in [-0.15, -0.1) is 11.7 Å². The van der Waals surface area contributed by atoms with Crippen molar-refractivity contribution in [2.75, 3.05) is 51.3 Å². The van der Waals surface area contributed by atoms with Crippen LogP contribution < -0.4 is 25.4 Å². The summed E-state index contributed by atoms with van der Waals surface area (Å²) in [6, 6.07) is 7.15. The first-order chi connectivity index (χ1) is 29.5. The molecular formula is C45H62N8O9. The molecule has 0 radical (unpaired) electrons. The maximum absolute atomic E-state index is 14.8. The summed E-state index contributed by atoms with van der Waals surface area (Å²) in [5.74, 6) is -0.152. The Labute approximate surface area is 362 Å². The van der Waals surface area contributed by atoms with Crippen molar-refractivity contribution >= 4 is 40.6 Å². The third-order valence-electron chi connectivity index (χ3n) is 12.2. The molecule has 3 aromatic rings. The third kappa shape index (κ3) is 10.3. The van der Waals surface area contributed by atoms with Crippen LogP contribution in [0.2, 0.25) is 0 Å². The van der Waals surface area contributed by atoms with E-state index in [0.717, 1.165) is 38.9 Å². The highest BCUT2D eigenvalue weighted by atomic mass is 16.6. The number of hydrogen-bond donors (Lipinski definition) is 4. The van der Waals surface area contributed by atoms with E-state index in [2.05, 4.69) is 34.4 Å². The second kappa shape index (κ2) is 18.5. The average Bonchev–Trinajstić information content (AvgIpc) is 3.53. The van der Waals surface area contributed by atoms with Crippen molar-refractivity contribution in [3.05, 3.63) is 49.2 Å². The number of carboxylic acid groups (broad SMARTS) is 1. The monoisotopic (exact) mass is 858 g/mol. The van der Waals surface area contributed by atoms with Crippen LogP contribution in [0.1, 0.15) is 73.6 Å². The van der Waals surface area contributed by atoms with Gasteiger partial charge in [-0.1, -0.05) is 33.8 Å². The number of carboxylic acids is 1. The largest absolute Gasteiger partial charge is 0.492 e. The molecule has 336 valence electrons. The number of rotatable bonds is 16. The predicted octanol–water partition coefficient (Wildman–Crippen LogP) is 4.78. The van der Waals surface area contributed by atoms with Gasteiger partial charge in [0.25, 0.3) is 0 Å². The number of aromatic nitrogens is 3. The number of aliphatic carboxylic acids is 1. The van der Waals surface area contributed by atoms with Gasteiger partial charge in [-0.05, 0) is 63.0 Å². The lowest BCUT2D eigenvalue weighted by Gasteiger charge is -2.35. The fourth-order valence-electron chi connectivity index (χ4n) is 8.66. The number of alkyl carbamates (subject to hydrolysis) is 1. The van der Waals surface area contributed by atoms with Crippen LogP contribution in [0, 0.1) is 17.3 Å². The van der Waals surface area contributed by atoms with Crippen LogP contribution >= 0.6 is 0 Å². The molecule has 0 spiro atoms. The van der Waals surface area contributed by atoms with Gasteiger partial charge in [0, 0.05) is 67.8 Å². The van der Waals surface area contributed by atoms with Gasteiger partial charge in [0.2, 0.25) is 11.8 Å². The predicted molar refractivity (Wildman–Crippen MR) is 231 cm³/mol. The van der Waals surface area contributed by atoms with Crippen LogP contribution in [-0.4, -0.2) is 135 Å². The molecule has 7 rings (SSSR count). The highest BCUT2D eigenvalue weighted by Gasteiger charge is 2.61. The number of nitrogens with zero attached hydrogens (tertiary/aromatic N) is 5. The minimum atomic E-state index is -1.53. The number of carbonyl (C=O) groups is 4. The molecule has 4 fully saturated rings. The van der Waals surface area contributed by atoms with Crippen molar-refractivity contribution in [3.8, 4) is 17.3 Å². The molecule has 2 aliphatic carbocycles. The highest BCUT2D eigenvalue weighted by molar-refractivity contribution is 5.96. The number of benzene rings is 1. The van der Waals surface area contributed by atoms with Crippen LogP contribution in [0.4, 0.5) is 10.6 Å². The first-order valence-corrected chi connectivity index (χ1v) is 21.9. The molecule has 2 saturated carbocycles. The summed E-state index contributed by atoms with van der Waals surface area (Å²) in [7, 11) is 0. The zero-order valence-electron chi connectivity index (χ0n) is 36.7. The summed E-state index contributed by atoms with van der Waals surface area (Å²) < 4.78 is 25.9. The van der Waals surface area contributed by atoms with Gasteiger partial charge in [-0.3, -0.25) is 14.5 Å². The molecule has 1 aromatic carbocycles. The first kappa shape index (κ1) is 44.6. The number of pyridine rings is 1. The van der Waals surface area contributed by atoms with Gasteiger partial charge in [0.1, 0.15) is 53.8 Å². The molecule has 2 saturated heterocycles. The number of morpholine rings is 1. The summed E-state index contributed by atoms with van der Waals surface area (Å²) in [6.45, 7) is 19.7. The fraction of sp³-hybridized carbons (Fsp3) is 0.600. The number of hydrogen-bond acceptors (Lipinski definition) is 12. The molecule has 4 unspecified atom stereocenters. The minimum Gasteiger partial charge on any atom is -0.492 e. The van der Waals surface area contributed by atoms with E-state index in [1.807, 2.05) is 58.9 Å². The van der Waals surface area contributed by atoms with Gasteiger partial charge >= 0.3 is 12.1 Å². The molecule has 2 aliphatic heterocycles. The molecule has 4 heterocycles. The molecule has 4 N–H and O–H groups in total. The maximum Gasteiger partial charge on any atom is 0.408 e. The van der Waals surface area contributed by atoms with Gasteiger partial charge in [0.15, 0.2) is 5.82 Å². The van der Waals surface area contributed by atoms with Crippen molar-refractivity contribution in [1.29, 1.82) is 0 Å². The minimum absolute atomic E-state index is 0.0303. The Balaban J connectivity index is 1.18. The first-order valence-electron chi connectivity index (χ1n) is 21.9. The van der Waals surface area contributed by atoms with Crippen LogP contribution in [0.15, 0.2) is 49.2 Å². The standard InChI is InChI=1S/C45H62N8O9/c1-8-29-25-45(29,42(56)57)49-40(54)35-23-32(26-52(35)41(55)39(44(5,6)7)48-43(58)62-31-10-9-28(4)21-31)61-36-24-38(53-14-13-37(50-53)46-27(2)3)47-34-22-30(11-12-33(34)36)60-20-17-51-15-18-59-19-16-51/h8,11-14,22,24,27-29,31-32,35,39H,1,9-10,15-21,23,25-26H2,2-7H3,(H,46,50)(H,48,58)(H,49,54)(H,56,57)/t28?,29?,31?,32-,35?,39-,45-/m1/s1. The van der Waals surface area contributed by atoms with Crippen LogP contribution in [0.3, 0.4) is 0 Å². The average molecular weight is 859 g/mol. The summed E-state index contributed by atoms with van der Waals surface area (Å²) >= 11 is 0. The van der Waals surface area contributed by atoms with E-state index >= 15 is 0 Å². The SMILES string of the molecule is C=CC1C[C@]1(NC(=O)C1C[C@@H](Oc2cc(-n3ccc(NC(C)C)n3)nc3cc(OCCN4CCOCC4)ccc23)CN1C(=O)[C@@H](NC(=O)OC1CCC(C)C1)C(C)(C)C)C(=O)O. The van der Waals surface area contributed by atoms with E-state index in [4.69, 9.17) is 29.0 Å². The number of likely N-dealkylation sites (tertiary alicyclic amines) is 1. The molecule has 17 heteroatoms. The fourth-order valence-corrected chi connectivity index (χ4v) is 8.66. The number of carbonyl (C=O) groups excluding carboxylic acids is 3. The summed E-state index contributed by atoms with van der Waals surface area (Å²) in [5.41, 5.74) is -1.74. The van der Waals surface area contributed by atoms with Crippen molar-refractivity contribution in [2.24, 2.45) is 17.3 Å². The summed E-state index contributed by atoms with van der Waals surface area (Å²) in [6.07, 6.45) is 4.31. The van der Waals surface area contributed by atoms with Crippen LogP contribution in [0.25, 0.3) is 16.7 Å². The summed E-state index contributed by atoms with van der Waals surface area (Å²) in [4.78, 5) is 63.5. The van der Waals surface area contributed by atoms with Crippen molar-refractivity contribution in [2.45, 2.75) is 110 Å². The zero-order valence-corrected chi connectivity index (χ0v) is 36.7. The second-order valence-electron chi connectivity index (χ2n) is 18.6. The van der Waals surface area contributed by atoms with Crippen molar-refractivity contribution in [3.63, 3.8) is 0 Å². The van der Waals surface area contributed by atoms with Gasteiger partial charge in [0.05, 0.1) is 25.3 Å². The molecule has 62 heavy (non-hydrogen) atoms. The summed E-state index contributed by atoms with van der Waals surface area (Å²) in [5, 5.41) is 24.4. The Bertz CT molecular complexity index is 2130. The smallest absolute Gasteiger partial charge is 0.408 e. The van der Waals surface area contributed by atoms with E-state index in [0.29, 0.717) is 59.8 Å². The van der Waals surface area contributed by atoms with Gasteiger partial charge in [-0.2, -0.15) is 0 Å². The lowest BCUT2D eigenvalue weighted by atomic mass is 9.85. The molecule has 2 aromatic heterocycles. The lowest BCUT2D eigenvalue weighted by molar-refractivity contribution is -0.146. The highest BCUT2D eigenvalue weighted by Crippen LogP contribution is 2.45. The number of amides is 3. The molecular weight excluding hydrogens is 797 g/mol. The van der Waals surface area contributed by atoms with Crippen molar-refractivity contribution < 1.29 is 43.2 Å². The zero-order chi connectivity index (χ0) is 44.3. The maximum atomic E-state index is 14.8. The number of nitrogens with one attached hydrogen (secondary N) is 3. The second-order valence-corrected chi connectivity index (χ2v) is 18.6. The molecule has 4 aliphatic rings. The molecule has 3 amide bonds. The Morgan fingerprint density at radius 3 is 2.52 bits per heavy atom. The van der Waals surface area contributed by atoms with Crippen LogP contribution in [-0.2, 0) is 23.9 Å². The van der Waals surface area contributed by atoms with Crippen LogP contribution in [0.5, 0.6) is 11.5 Å². The third-order valence-corrected chi connectivity index (χ3v) is 12.2. The molecule has 7 atom stereocenters. The molecule has 17 nitrogen and oxygen atoms in total. The van der Waals surface area contributed by atoms with E-state index in [1.54, 1.807) is 16.9 Å². The Kier molecular flexibility index (Phi) is 13.3.